The van der Waals surface area contributed by atoms with Crippen molar-refractivity contribution in [3.8, 4) is 5.75 Å². The Morgan fingerprint density at radius 3 is 2.81 bits per heavy atom. The molecule has 2 heterocycles. The second-order valence-corrected chi connectivity index (χ2v) is 7.72. The first-order chi connectivity index (χ1) is 15.1. The van der Waals surface area contributed by atoms with E-state index < -0.39 is 5.97 Å². The van der Waals surface area contributed by atoms with Crippen molar-refractivity contribution in [2.75, 3.05) is 11.9 Å². The maximum atomic E-state index is 11.4. The number of benzene rings is 2. The van der Waals surface area contributed by atoms with Crippen molar-refractivity contribution in [2.24, 2.45) is 0 Å². The second-order valence-electron chi connectivity index (χ2n) is 7.72. The minimum Gasteiger partial charge on any atom is -0.494 e. The van der Waals surface area contributed by atoms with Crippen LogP contribution in [0.3, 0.4) is 0 Å². The van der Waals surface area contributed by atoms with Crippen molar-refractivity contribution in [1.82, 2.24) is 15.0 Å². The molecule has 0 bridgehead atoms. The second kappa shape index (κ2) is 7.83. The summed E-state index contributed by atoms with van der Waals surface area (Å²) in [5, 5.41) is 14.5. The molecule has 0 atom stereocenters. The SMILES string of the molecule is CCOc1cccc(Cc2ncc3c(n2)c(NC2CC2)nc2cc(C(=O)O)ccc23)c1. The molecule has 1 saturated carbocycles. The lowest BCUT2D eigenvalue weighted by molar-refractivity contribution is 0.0697. The molecule has 0 amide bonds. The molecule has 0 radical (unpaired) electrons. The summed E-state index contributed by atoms with van der Waals surface area (Å²) in [6.45, 7) is 2.58. The average molecular weight is 414 g/mol. The van der Waals surface area contributed by atoms with E-state index in [1.54, 1.807) is 18.2 Å². The maximum Gasteiger partial charge on any atom is 0.335 e. The molecule has 0 spiro atoms. The molecule has 1 aliphatic rings. The van der Waals surface area contributed by atoms with Crippen molar-refractivity contribution in [3.05, 3.63) is 65.6 Å². The molecule has 7 nitrogen and oxygen atoms in total. The van der Waals surface area contributed by atoms with Crippen LogP contribution in [0.1, 0.15) is 41.5 Å². The minimum atomic E-state index is -0.971. The number of hydrogen-bond donors (Lipinski definition) is 2. The molecule has 156 valence electrons. The first-order valence-electron chi connectivity index (χ1n) is 10.4. The van der Waals surface area contributed by atoms with Crippen LogP contribution >= 0.6 is 0 Å². The molecule has 31 heavy (non-hydrogen) atoms. The van der Waals surface area contributed by atoms with Crippen LogP contribution in [-0.4, -0.2) is 38.7 Å². The van der Waals surface area contributed by atoms with Crippen LogP contribution in [0, 0.1) is 0 Å². The van der Waals surface area contributed by atoms with Gasteiger partial charge in [0.05, 0.1) is 17.7 Å². The van der Waals surface area contributed by atoms with Gasteiger partial charge < -0.3 is 15.2 Å². The molecular weight excluding hydrogens is 392 g/mol. The number of aromatic nitrogens is 3. The van der Waals surface area contributed by atoms with Gasteiger partial charge in [0.25, 0.3) is 0 Å². The first kappa shape index (κ1) is 19.2. The lowest BCUT2D eigenvalue weighted by Gasteiger charge is -2.12. The lowest BCUT2D eigenvalue weighted by atomic mass is 10.1. The number of nitrogens with one attached hydrogen (secondary N) is 1. The van der Waals surface area contributed by atoms with Gasteiger partial charge in [0, 0.05) is 29.4 Å². The first-order valence-corrected chi connectivity index (χ1v) is 10.4. The summed E-state index contributed by atoms with van der Waals surface area (Å²) in [5.74, 6) is 1.24. The number of aromatic carboxylic acids is 1. The standard InChI is InChI=1S/C24H22N4O3/c1-2-31-17-5-3-4-14(10-17)11-21-25-13-19-18-9-6-15(24(29)30)12-20(18)27-23(22(19)28-21)26-16-7-8-16/h3-6,9-10,12-13,16H,2,7-8,11H2,1H3,(H,26,27)(H,29,30). The molecule has 2 N–H and O–H groups in total. The molecule has 7 heteroatoms. The highest BCUT2D eigenvalue weighted by Crippen LogP contribution is 2.32. The van der Waals surface area contributed by atoms with Crippen LogP contribution < -0.4 is 10.1 Å². The van der Waals surface area contributed by atoms with E-state index in [1.165, 1.54) is 0 Å². The van der Waals surface area contributed by atoms with Crippen LogP contribution in [0.25, 0.3) is 21.8 Å². The topological polar surface area (TPSA) is 97.2 Å². The van der Waals surface area contributed by atoms with Crippen LogP contribution in [0.2, 0.25) is 0 Å². The Hall–Kier alpha value is -3.74. The summed E-state index contributed by atoms with van der Waals surface area (Å²) in [6.07, 6.45) is 4.58. The zero-order valence-electron chi connectivity index (χ0n) is 17.1. The van der Waals surface area contributed by atoms with E-state index in [2.05, 4.69) is 10.3 Å². The monoisotopic (exact) mass is 414 g/mol. The molecule has 1 fully saturated rings. The van der Waals surface area contributed by atoms with Crippen molar-refractivity contribution in [2.45, 2.75) is 32.2 Å². The zero-order valence-corrected chi connectivity index (χ0v) is 17.1. The lowest BCUT2D eigenvalue weighted by Crippen LogP contribution is -2.07. The molecule has 0 saturated heterocycles. The Labute approximate surface area is 179 Å². The van der Waals surface area contributed by atoms with Gasteiger partial charge in [-0.1, -0.05) is 18.2 Å². The molecular formula is C24H22N4O3. The maximum absolute atomic E-state index is 11.4. The number of pyridine rings is 1. The third-order valence-corrected chi connectivity index (χ3v) is 5.32. The van der Waals surface area contributed by atoms with Gasteiger partial charge in [0.2, 0.25) is 0 Å². The molecule has 4 aromatic rings. The highest BCUT2D eigenvalue weighted by Gasteiger charge is 2.23. The fourth-order valence-electron chi connectivity index (χ4n) is 3.66. The number of anilines is 1. The number of carboxylic acid groups (broad SMARTS) is 1. The van der Waals surface area contributed by atoms with Gasteiger partial charge in [0.15, 0.2) is 5.82 Å². The number of rotatable bonds is 7. The van der Waals surface area contributed by atoms with Gasteiger partial charge in [0.1, 0.15) is 17.1 Å². The number of hydrogen-bond acceptors (Lipinski definition) is 6. The third-order valence-electron chi connectivity index (χ3n) is 5.32. The average Bonchev–Trinajstić information content (AvgIpc) is 3.58. The smallest absolute Gasteiger partial charge is 0.335 e. The summed E-state index contributed by atoms with van der Waals surface area (Å²) in [4.78, 5) is 25.6. The number of carbonyl (C=O) groups is 1. The number of fused-ring (bicyclic) bond motifs is 3. The van der Waals surface area contributed by atoms with Gasteiger partial charge in [-0.25, -0.2) is 19.7 Å². The normalized spacial score (nSPS) is 13.5. The van der Waals surface area contributed by atoms with Crippen LogP contribution in [0.15, 0.2) is 48.7 Å². The summed E-state index contributed by atoms with van der Waals surface area (Å²) in [7, 11) is 0. The van der Waals surface area contributed by atoms with Gasteiger partial charge in [-0.15, -0.1) is 0 Å². The van der Waals surface area contributed by atoms with E-state index in [0.717, 1.165) is 40.4 Å². The summed E-state index contributed by atoms with van der Waals surface area (Å²) in [5.41, 5.74) is 2.66. The Kier molecular flexibility index (Phi) is 4.86. The fraction of sp³-hybridized carbons (Fsp3) is 0.250. The van der Waals surface area contributed by atoms with Crippen LogP contribution in [-0.2, 0) is 6.42 Å². The summed E-state index contributed by atoms with van der Waals surface area (Å²) in [6, 6.07) is 13.3. The highest BCUT2D eigenvalue weighted by molar-refractivity contribution is 6.09. The Balaban J connectivity index is 1.59. The molecule has 5 rings (SSSR count). The number of nitrogens with zero attached hydrogens (tertiary/aromatic N) is 3. The summed E-state index contributed by atoms with van der Waals surface area (Å²) >= 11 is 0. The van der Waals surface area contributed by atoms with Gasteiger partial charge in [-0.05, 0) is 49.6 Å². The number of carboxylic acids is 1. The third kappa shape index (κ3) is 3.99. The molecule has 0 aliphatic heterocycles. The Bertz CT molecular complexity index is 1300. The zero-order chi connectivity index (χ0) is 21.4. The summed E-state index contributed by atoms with van der Waals surface area (Å²) < 4.78 is 5.60. The molecule has 1 aliphatic carbocycles. The van der Waals surface area contributed by atoms with Crippen molar-refractivity contribution >= 4 is 33.6 Å². The predicted molar refractivity (Wildman–Crippen MR) is 119 cm³/mol. The van der Waals surface area contributed by atoms with Crippen LogP contribution in [0.5, 0.6) is 5.75 Å². The Morgan fingerprint density at radius 2 is 2.03 bits per heavy atom. The number of ether oxygens (including phenoxy) is 1. The minimum absolute atomic E-state index is 0.212. The van der Waals surface area contributed by atoms with E-state index >= 15 is 0 Å². The van der Waals surface area contributed by atoms with Gasteiger partial charge in [-0.3, -0.25) is 0 Å². The van der Waals surface area contributed by atoms with E-state index in [0.29, 0.717) is 36.2 Å². The largest absolute Gasteiger partial charge is 0.494 e. The van der Waals surface area contributed by atoms with Crippen LogP contribution in [0.4, 0.5) is 5.82 Å². The van der Waals surface area contributed by atoms with Crippen molar-refractivity contribution in [3.63, 3.8) is 0 Å². The van der Waals surface area contributed by atoms with Gasteiger partial charge in [-0.2, -0.15) is 0 Å². The van der Waals surface area contributed by atoms with E-state index in [4.69, 9.17) is 14.7 Å². The predicted octanol–water partition coefficient (Wildman–Crippen LogP) is 4.44. The quantitative estimate of drug-likeness (QED) is 0.432. The highest BCUT2D eigenvalue weighted by atomic mass is 16.5. The van der Waals surface area contributed by atoms with Crippen molar-refractivity contribution in [1.29, 1.82) is 0 Å². The van der Waals surface area contributed by atoms with E-state index in [-0.39, 0.29) is 5.56 Å². The fourth-order valence-corrected chi connectivity index (χ4v) is 3.66. The molecule has 0 unspecified atom stereocenters. The van der Waals surface area contributed by atoms with Crippen molar-refractivity contribution < 1.29 is 14.6 Å². The van der Waals surface area contributed by atoms with Gasteiger partial charge >= 0.3 is 5.97 Å². The van der Waals surface area contributed by atoms with E-state index in [1.807, 2.05) is 37.4 Å². The van der Waals surface area contributed by atoms with E-state index in [9.17, 15) is 9.90 Å². The molecule has 2 aromatic carbocycles. The molecule has 2 aromatic heterocycles. The Morgan fingerprint density at radius 1 is 1.16 bits per heavy atom.